The van der Waals surface area contributed by atoms with Gasteiger partial charge in [0.1, 0.15) is 5.75 Å². The first-order chi connectivity index (χ1) is 12.4. The fourth-order valence-electron chi connectivity index (χ4n) is 2.83. The van der Waals surface area contributed by atoms with E-state index in [0.29, 0.717) is 17.7 Å². The number of ether oxygens (including phenoxy) is 1. The normalized spacial score (nSPS) is 16.2. The number of primary amides is 1. The van der Waals surface area contributed by atoms with Crippen LogP contribution in [-0.2, 0) is 9.59 Å². The molecule has 6 heteroatoms. The molecule has 1 aliphatic rings. The van der Waals surface area contributed by atoms with Gasteiger partial charge in [0, 0.05) is 10.5 Å². The molecule has 1 amide bonds. The zero-order valence-corrected chi connectivity index (χ0v) is 17.5. The molecule has 0 radical (unpaired) electrons. The number of nitrogens with two attached hydrogens (primary N) is 1. The average Bonchev–Trinajstić information content (AvgIpc) is 3.04. The number of hydrogen-bond donors (Lipinski definition) is 1. The van der Waals surface area contributed by atoms with Crippen LogP contribution in [0.25, 0.3) is 0 Å². The average molecular weight is 394 g/mol. The summed E-state index contributed by atoms with van der Waals surface area (Å²) in [5, 5.41) is 0. The highest BCUT2D eigenvalue weighted by Crippen LogP contribution is 2.57. The number of aryl methyl sites for hydroxylation is 1. The minimum atomic E-state index is -0.392. The number of carbonyl (C=O) groups excluding carboxylic acids is 2. The highest BCUT2D eigenvalue weighted by Gasteiger charge is 2.29. The van der Waals surface area contributed by atoms with Gasteiger partial charge >= 0.3 is 5.97 Å². The van der Waals surface area contributed by atoms with E-state index in [1.165, 1.54) is 11.8 Å². The number of esters is 1. The van der Waals surface area contributed by atoms with Gasteiger partial charge in [-0.3, -0.25) is 9.59 Å². The monoisotopic (exact) mass is 393 g/mol. The van der Waals surface area contributed by atoms with Crippen molar-refractivity contribution in [2.75, 3.05) is 0 Å². The zero-order chi connectivity index (χ0) is 19.3. The topological polar surface area (TPSA) is 69.4 Å². The summed E-state index contributed by atoms with van der Waals surface area (Å²) >= 11 is 3.03. The van der Waals surface area contributed by atoms with Crippen LogP contribution in [0.2, 0.25) is 0 Å². The third-order valence-electron chi connectivity index (χ3n) is 4.50. The van der Waals surface area contributed by atoms with E-state index in [0.717, 1.165) is 45.3 Å². The zero-order valence-electron chi connectivity index (χ0n) is 15.9. The van der Waals surface area contributed by atoms with Crippen LogP contribution in [0.1, 0.15) is 58.4 Å². The summed E-state index contributed by atoms with van der Waals surface area (Å²) in [4.78, 5) is 26.2. The molecule has 2 N–H and O–H groups in total. The van der Waals surface area contributed by atoms with Crippen LogP contribution < -0.4 is 10.5 Å². The molecular weight excluding hydrogens is 366 g/mol. The predicted octanol–water partition coefficient (Wildman–Crippen LogP) is 5.42. The van der Waals surface area contributed by atoms with Crippen molar-refractivity contribution in [3.8, 4) is 5.75 Å². The fourth-order valence-corrected chi connectivity index (χ4v) is 5.74. The van der Waals surface area contributed by atoms with E-state index in [1.54, 1.807) is 11.8 Å². The lowest BCUT2D eigenvalue weighted by Gasteiger charge is -2.15. The summed E-state index contributed by atoms with van der Waals surface area (Å²) in [7, 11) is 0. The van der Waals surface area contributed by atoms with Crippen molar-refractivity contribution >= 4 is 35.4 Å². The Labute approximate surface area is 164 Å². The molecule has 1 unspecified atom stereocenters. The Morgan fingerprint density at radius 2 is 1.85 bits per heavy atom. The largest absolute Gasteiger partial charge is 0.425 e. The number of fused-ring (bicyclic) bond motifs is 1. The summed E-state index contributed by atoms with van der Waals surface area (Å²) in [5.74, 6) is -0.0477. The van der Waals surface area contributed by atoms with Crippen molar-refractivity contribution in [3.63, 3.8) is 0 Å². The lowest BCUT2D eigenvalue weighted by molar-refractivity contribution is -0.139. The third kappa shape index (κ3) is 4.65. The van der Waals surface area contributed by atoms with Gasteiger partial charge in [-0.2, -0.15) is 0 Å². The molecule has 2 rings (SSSR count). The number of rotatable bonds is 8. The van der Waals surface area contributed by atoms with Crippen molar-refractivity contribution < 1.29 is 14.3 Å². The molecule has 26 heavy (non-hydrogen) atoms. The first-order valence-corrected chi connectivity index (χ1v) is 10.8. The maximum atomic E-state index is 12.6. The Morgan fingerprint density at radius 3 is 2.42 bits per heavy atom. The second kappa shape index (κ2) is 9.51. The van der Waals surface area contributed by atoms with Crippen LogP contribution in [0, 0.1) is 12.8 Å². The summed E-state index contributed by atoms with van der Waals surface area (Å²) in [6, 6.07) is 3.81. The van der Waals surface area contributed by atoms with Crippen molar-refractivity contribution in [2.24, 2.45) is 11.7 Å². The summed E-state index contributed by atoms with van der Waals surface area (Å²) in [5.41, 5.74) is 7.24. The van der Waals surface area contributed by atoms with E-state index >= 15 is 0 Å². The van der Waals surface area contributed by atoms with Gasteiger partial charge in [-0.1, -0.05) is 63.2 Å². The Bertz CT molecular complexity index is 728. The molecule has 0 aromatic heterocycles. The van der Waals surface area contributed by atoms with Crippen LogP contribution >= 0.6 is 23.5 Å². The van der Waals surface area contributed by atoms with Crippen LogP contribution in [0.3, 0.4) is 0 Å². The second-order valence-corrected chi connectivity index (χ2v) is 8.69. The van der Waals surface area contributed by atoms with Crippen molar-refractivity contribution in [2.45, 2.75) is 69.6 Å². The molecule has 0 aliphatic carbocycles. The molecule has 1 aromatic rings. The van der Waals surface area contributed by atoms with Crippen molar-refractivity contribution in [3.05, 3.63) is 27.5 Å². The number of thioether (sulfide) groups is 2. The van der Waals surface area contributed by atoms with E-state index < -0.39 is 5.91 Å². The molecule has 142 valence electrons. The number of unbranched alkanes of at least 4 members (excludes halogenated alkanes) is 1. The van der Waals surface area contributed by atoms with Crippen molar-refractivity contribution in [1.29, 1.82) is 0 Å². The van der Waals surface area contributed by atoms with Crippen LogP contribution in [0.5, 0.6) is 5.75 Å². The van der Waals surface area contributed by atoms with Gasteiger partial charge in [-0.25, -0.2) is 0 Å². The lowest BCUT2D eigenvalue weighted by Crippen LogP contribution is -2.20. The van der Waals surface area contributed by atoms with Gasteiger partial charge in [0.05, 0.1) is 15.1 Å². The van der Waals surface area contributed by atoms with Gasteiger partial charge in [0.2, 0.25) is 5.91 Å². The standard InChI is InChI=1S/C20H27NO3S2/c1-5-8-9-13(6-2)19(23)24-15-11-10-12(4)16-17(15)26-20(25-16)14(7-3)18(21)22/h10-11,13H,5-9H2,1-4H3,(H2,21,22)/b20-14-. The third-order valence-corrected chi connectivity index (χ3v) is 7.34. The van der Waals surface area contributed by atoms with Gasteiger partial charge in [0.15, 0.2) is 0 Å². The molecule has 1 atom stereocenters. The first kappa shape index (κ1) is 20.9. The summed E-state index contributed by atoms with van der Waals surface area (Å²) in [6.45, 7) is 8.08. The number of amides is 1. The van der Waals surface area contributed by atoms with E-state index in [9.17, 15) is 9.59 Å². The molecule has 0 saturated heterocycles. The minimum absolute atomic E-state index is 0.0715. The minimum Gasteiger partial charge on any atom is -0.425 e. The van der Waals surface area contributed by atoms with Crippen LogP contribution in [0.15, 0.2) is 31.7 Å². The fraction of sp³-hybridized carbons (Fsp3) is 0.500. The Hall–Kier alpha value is -1.40. The molecule has 0 spiro atoms. The van der Waals surface area contributed by atoms with Crippen molar-refractivity contribution in [1.82, 2.24) is 0 Å². The number of benzene rings is 1. The smallest absolute Gasteiger partial charge is 0.314 e. The second-order valence-electron chi connectivity index (χ2n) is 6.40. The lowest BCUT2D eigenvalue weighted by atomic mass is 10.00. The number of carbonyl (C=O) groups is 2. The SMILES string of the molecule is CCCCC(CC)C(=O)Oc1ccc(C)c2c1S/C(=C(/CC)C(N)=O)S2. The summed E-state index contributed by atoms with van der Waals surface area (Å²) < 4.78 is 6.66. The highest BCUT2D eigenvalue weighted by molar-refractivity contribution is 8.24. The number of hydrogen-bond acceptors (Lipinski definition) is 5. The van der Waals surface area contributed by atoms with E-state index in [1.807, 2.05) is 32.9 Å². The summed E-state index contributed by atoms with van der Waals surface area (Å²) in [6.07, 6.45) is 4.31. The van der Waals surface area contributed by atoms with Gasteiger partial charge in [-0.15, -0.1) is 0 Å². The van der Waals surface area contributed by atoms with Crippen LogP contribution in [0.4, 0.5) is 0 Å². The maximum absolute atomic E-state index is 12.6. The Kier molecular flexibility index (Phi) is 7.65. The molecule has 1 heterocycles. The molecule has 4 nitrogen and oxygen atoms in total. The van der Waals surface area contributed by atoms with Gasteiger partial charge in [-0.05, 0) is 37.8 Å². The van der Waals surface area contributed by atoms with Gasteiger partial charge < -0.3 is 10.5 Å². The molecular formula is C20H27NO3S2. The Morgan fingerprint density at radius 1 is 1.15 bits per heavy atom. The molecule has 0 fully saturated rings. The van der Waals surface area contributed by atoms with E-state index in [4.69, 9.17) is 10.5 Å². The first-order valence-electron chi connectivity index (χ1n) is 9.16. The quantitative estimate of drug-likeness (QED) is 0.363. The molecule has 1 aliphatic heterocycles. The predicted molar refractivity (Wildman–Crippen MR) is 108 cm³/mol. The van der Waals surface area contributed by atoms with Gasteiger partial charge in [0.25, 0.3) is 0 Å². The van der Waals surface area contributed by atoms with E-state index in [2.05, 4.69) is 6.92 Å². The molecule has 0 bridgehead atoms. The highest BCUT2D eigenvalue weighted by atomic mass is 32.2. The van der Waals surface area contributed by atoms with E-state index in [-0.39, 0.29) is 11.9 Å². The Balaban J connectivity index is 2.29. The maximum Gasteiger partial charge on any atom is 0.314 e. The molecule has 0 saturated carbocycles. The van der Waals surface area contributed by atoms with Crippen LogP contribution in [-0.4, -0.2) is 11.9 Å². The molecule has 1 aromatic carbocycles.